The Morgan fingerprint density at radius 3 is 1.76 bits per heavy atom. The van der Waals surface area contributed by atoms with Gasteiger partial charge in [-0.3, -0.25) is 0 Å². The van der Waals surface area contributed by atoms with Crippen LogP contribution in [0.1, 0.15) is 0 Å². The molecular formula is C45H25N3O2S. The molecule has 0 spiro atoms. The van der Waals surface area contributed by atoms with E-state index in [0.29, 0.717) is 17.5 Å². The molecule has 0 N–H and O–H groups in total. The molecule has 11 aromatic rings. The maximum atomic E-state index is 6.39. The van der Waals surface area contributed by atoms with Gasteiger partial charge in [0.1, 0.15) is 22.3 Å². The lowest BCUT2D eigenvalue weighted by Crippen LogP contribution is -2.00. The second kappa shape index (κ2) is 10.9. The predicted octanol–water partition coefficient (Wildman–Crippen LogP) is 12.7. The first kappa shape index (κ1) is 28.2. The van der Waals surface area contributed by atoms with Gasteiger partial charge in [-0.15, -0.1) is 11.3 Å². The minimum absolute atomic E-state index is 0.632. The number of furan rings is 2. The van der Waals surface area contributed by atoms with Crippen LogP contribution in [0.25, 0.3) is 109 Å². The number of aromatic nitrogens is 3. The monoisotopic (exact) mass is 671 g/mol. The van der Waals surface area contributed by atoms with E-state index in [-0.39, 0.29) is 0 Å². The van der Waals surface area contributed by atoms with Gasteiger partial charge < -0.3 is 8.83 Å². The van der Waals surface area contributed by atoms with Gasteiger partial charge >= 0.3 is 0 Å². The molecule has 0 unspecified atom stereocenters. The Morgan fingerprint density at radius 1 is 0.353 bits per heavy atom. The third-order valence-corrected chi connectivity index (χ3v) is 11.0. The van der Waals surface area contributed by atoms with Crippen LogP contribution in [-0.2, 0) is 0 Å². The third kappa shape index (κ3) is 4.50. The number of thiophene rings is 1. The second-order valence-electron chi connectivity index (χ2n) is 12.8. The highest BCUT2D eigenvalue weighted by Gasteiger charge is 2.17. The van der Waals surface area contributed by atoms with Crippen molar-refractivity contribution in [3.63, 3.8) is 0 Å². The number of hydrogen-bond acceptors (Lipinski definition) is 6. The summed E-state index contributed by atoms with van der Waals surface area (Å²) in [6.45, 7) is 0. The summed E-state index contributed by atoms with van der Waals surface area (Å²) < 4.78 is 14.9. The first-order chi connectivity index (χ1) is 25.2. The molecule has 7 aromatic carbocycles. The summed E-state index contributed by atoms with van der Waals surface area (Å²) in [6.07, 6.45) is 0. The highest BCUT2D eigenvalue weighted by atomic mass is 32.1. The van der Waals surface area contributed by atoms with E-state index < -0.39 is 0 Å². The fourth-order valence-corrected chi connectivity index (χ4v) is 8.46. The van der Waals surface area contributed by atoms with Crippen LogP contribution in [0.4, 0.5) is 0 Å². The van der Waals surface area contributed by atoms with E-state index >= 15 is 0 Å². The number of para-hydroxylation sites is 1. The van der Waals surface area contributed by atoms with Crippen molar-refractivity contribution in [2.75, 3.05) is 0 Å². The molecule has 0 amide bonds. The van der Waals surface area contributed by atoms with Crippen LogP contribution in [0, 0.1) is 0 Å². The Bertz CT molecular complexity index is 3140. The average Bonchev–Trinajstić information content (AvgIpc) is 3.87. The Labute approximate surface area is 295 Å². The van der Waals surface area contributed by atoms with Gasteiger partial charge in [0, 0.05) is 64.5 Å². The Hall–Kier alpha value is -6.63. The van der Waals surface area contributed by atoms with Crippen molar-refractivity contribution in [1.82, 2.24) is 15.0 Å². The molecule has 0 saturated heterocycles. The molecule has 0 fully saturated rings. The summed E-state index contributed by atoms with van der Waals surface area (Å²) in [6, 6.07) is 52.2. The molecule has 51 heavy (non-hydrogen) atoms. The van der Waals surface area contributed by atoms with Crippen LogP contribution < -0.4 is 0 Å². The lowest BCUT2D eigenvalue weighted by Gasteiger charge is -2.10. The Balaban J connectivity index is 0.999. The standard InChI is InChI=1S/C45H25N3O2S/c1-2-9-27(10-3-1)43-46-44(48-45(47-43)34-14-8-13-33-32-12-5-7-16-41(32)51-42(33)34)28-19-17-26(18-20-28)29-21-22-31-36-24-35-30-11-4-6-15-37(30)49-39(35)25-40(36)50-38(31)23-29/h1-25H. The maximum Gasteiger partial charge on any atom is 0.165 e. The molecule has 4 heterocycles. The summed E-state index contributed by atoms with van der Waals surface area (Å²) in [4.78, 5) is 15.1. The van der Waals surface area contributed by atoms with Crippen molar-refractivity contribution in [1.29, 1.82) is 0 Å². The van der Waals surface area contributed by atoms with E-state index in [0.717, 1.165) is 71.7 Å². The topological polar surface area (TPSA) is 65.0 Å². The number of fused-ring (bicyclic) bond motifs is 9. The van der Waals surface area contributed by atoms with Crippen molar-refractivity contribution in [2.45, 2.75) is 0 Å². The summed E-state index contributed by atoms with van der Waals surface area (Å²) in [5.41, 5.74) is 8.39. The van der Waals surface area contributed by atoms with Crippen LogP contribution in [-0.4, -0.2) is 15.0 Å². The van der Waals surface area contributed by atoms with Crippen LogP contribution in [0.5, 0.6) is 0 Å². The minimum Gasteiger partial charge on any atom is -0.456 e. The first-order valence-electron chi connectivity index (χ1n) is 16.8. The van der Waals surface area contributed by atoms with E-state index in [2.05, 4.69) is 97.1 Å². The van der Waals surface area contributed by atoms with Gasteiger partial charge in [0.05, 0.1) is 0 Å². The fourth-order valence-electron chi connectivity index (χ4n) is 7.25. The molecule has 0 radical (unpaired) electrons. The zero-order chi connectivity index (χ0) is 33.5. The van der Waals surface area contributed by atoms with Gasteiger partial charge in [-0.1, -0.05) is 109 Å². The molecule has 6 heteroatoms. The molecule has 0 aliphatic carbocycles. The molecular weight excluding hydrogens is 647 g/mol. The van der Waals surface area contributed by atoms with Crippen LogP contribution in [0.2, 0.25) is 0 Å². The lowest BCUT2D eigenvalue weighted by molar-refractivity contribution is 0.656. The van der Waals surface area contributed by atoms with Crippen molar-refractivity contribution >= 4 is 75.4 Å². The van der Waals surface area contributed by atoms with Gasteiger partial charge in [0.25, 0.3) is 0 Å². The van der Waals surface area contributed by atoms with Crippen molar-refractivity contribution in [3.8, 4) is 45.3 Å². The van der Waals surface area contributed by atoms with Gasteiger partial charge in [0.15, 0.2) is 17.5 Å². The molecule has 0 atom stereocenters. The predicted molar refractivity (Wildman–Crippen MR) is 209 cm³/mol. The molecule has 4 aromatic heterocycles. The van der Waals surface area contributed by atoms with E-state index in [1.54, 1.807) is 11.3 Å². The minimum atomic E-state index is 0.632. The average molecular weight is 672 g/mol. The maximum absolute atomic E-state index is 6.39. The second-order valence-corrected chi connectivity index (χ2v) is 13.8. The third-order valence-electron chi connectivity index (χ3n) is 9.76. The normalized spacial score (nSPS) is 11.9. The van der Waals surface area contributed by atoms with E-state index in [1.807, 2.05) is 54.6 Å². The zero-order valence-electron chi connectivity index (χ0n) is 27.0. The van der Waals surface area contributed by atoms with Gasteiger partial charge in [-0.2, -0.15) is 0 Å². The largest absolute Gasteiger partial charge is 0.456 e. The Morgan fingerprint density at radius 2 is 0.941 bits per heavy atom. The quantitative estimate of drug-likeness (QED) is 0.186. The molecule has 0 saturated carbocycles. The highest BCUT2D eigenvalue weighted by molar-refractivity contribution is 7.26. The molecule has 0 aliphatic rings. The number of hydrogen-bond donors (Lipinski definition) is 0. The first-order valence-corrected chi connectivity index (χ1v) is 17.7. The number of nitrogens with zero attached hydrogens (tertiary/aromatic N) is 3. The van der Waals surface area contributed by atoms with Crippen molar-refractivity contribution in [2.24, 2.45) is 0 Å². The number of rotatable bonds is 4. The molecule has 238 valence electrons. The summed E-state index contributed by atoms with van der Waals surface area (Å²) >= 11 is 1.78. The summed E-state index contributed by atoms with van der Waals surface area (Å²) in [7, 11) is 0. The zero-order valence-corrected chi connectivity index (χ0v) is 27.8. The SMILES string of the molecule is c1ccc(-c2nc(-c3ccc(-c4ccc5c(c4)oc4cc6oc7ccccc7c6cc45)cc3)nc(-c3cccc4c3sc3ccccc34)n2)cc1. The van der Waals surface area contributed by atoms with Gasteiger partial charge in [-0.05, 0) is 47.5 Å². The van der Waals surface area contributed by atoms with Gasteiger partial charge in [0.2, 0.25) is 0 Å². The Kier molecular flexibility index (Phi) is 6.05. The fraction of sp³-hybridized carbons (Fsp3) is 0. The highest BCUT2D eigenvalue weighted by Crippen LogP contribution is 2.41. The lowest BCUT2D eigenvalue weighted by atomic mass is 10.0. The van der Waals surface area contributed by atoms with Crippen molar-refractivity contribution < 1.29 is 8.83 Å². The van der Waals surface area contributed by atoms with Crippen LogP contribution >= 0.6 is 11.3 Å². The van der Waals surface area contributed by atoms with E-state index in [4.69, 9.17) is 23.8 Å². The van der Waals surface area contributed by atoms with E-state index in [1.165, 1.54) is 20.2 Å². The molecule has 5 nitrogen and oxygen atoms in total. The number of benzene rings is 7. The van der Waals surface area contributed by atoms with Crippen LogP contribution in [0.3, 0.4) is 0 Å². The molecule has 11 rings (SSSR count). The smallest absolute Gasteiger partial charge is 0.165 e. The summed E-state index contributed by atoms with van der Waals surface area (Å²) in [5.74, 6) is 1.94. The summed E-state index contributed by atoms with van der Waals surface area (Å²) in [5, 5.41) is 6.83. The van der Waals surface area contributed by atoms with E-state index in [9.17, 15) is 0 Å². The molecule has 0 aliphatic heterocycles. The molecule has 0 bridgehead atoms. The van der Waals surface area contributed by atoms with Crippen LogP contribution in [0.15, 0.2) is 160 Å². The van der Waals surface area contributed by atoms with Crippen molar-refractivity contribution in [3.05, 3.63) is 152 Å². The van der Waals surface area contributed by atoms with Gasteiger partial charge in [-0.25, -0.2) is 15.0 Å².